The monoisotopic (exact) mass is 299 g/mol. The van der Waals surface area contributed by atoms with Crippen LogP contribution in [0.2, 0.25) is 0 Å². The lowest BCUT2D eigenvalue weighted by Gasteiger charge is -2.17. The molecular weight excluding hydrogens is 286 g/mol. The van der Waals surface area contributed by atoms with Gasteiger partial charge in [-0.05, 0) is 13.0 Å². The number of benzene rings is 2. The van der Waals surface area contributed by atoms with Gasteiger partial charge in [-0.25, -0.2) is 17.6 Å². The van der Waals surface area contributed by atoms with Gasteiger partial charge in [0, 0.05) is 23.8 Å². The maximum absolute atomic E-state index is 13.9. The number of methoxy groups -OCH3 is 1. The predicted molar refractivity (Wildman–Crippen MR) is 71.3 cm³/mol. The lowest BCUT2D eigenvalue weighted by atomic mass is 10.1. The van der Waals surface area contributed by atoms with Gasteiger partial charge in [0.1, 0.15) is 17.4 Å². The van der Waals surface area contributed by atoms with Gasteiger partial charge in [-0.1, -0.05) is 6.07 Å². The van der Waals surface area contributed by atoms with Crippen molar-refractivity contribution in [1.29, 1.82) is 0 Å². The van der Waals surface area contributed by atoms with Gasteiger partial charge in [0.2, 0.25) is 0 Å². The fourth-order valence-corrected chi connectivity index (χ4v) is 1.93. The van der Waals surface area contributed by atoms with Crippen LogP contribution in [0.1, 0.15) is 18.5 Å². The number of hydrogen-bond acceptors (Lipinski definition) is 2. The van der Waals surface area contributed by atoms with Crippen molar-refractivity contribution < 1.29 is 22.3 Å². The van der Waals surface area contributed by atoms with Crippen LogP contribution in [0.15, 0.2) is 30.3 Å². The van der Waals surface area contributed by atoms with Crippen LogP contribution in [0.3, 0.4) is 0 Å². The second-order valence-corrected chi connectivity index (χ2v) is 4.50. The minimum atomic E-state index is -1.28. The summed E-state index contributed by atoms with van der Waals surface area (Å²) in [5.74, 6) is -3.60. The maximum atomic E-state index is 13.9. The molecule has 1 unspecified atom stereocenters. The summed E-state index contributed by atoms with van der Waals surface area (Å²) in [7, 11) is 1.41. The molecule has 0 heterocycles. The number of rotatable bonds is 4. The first-order valence-electron chi connectivity index (χ1n) is 6.17. The molecule has 0 amide bonds. The van der Waals surface area contributed by atoms with Crippen molar-refractivity contribution in [1.82, 2.24) is 0 Å². The largest absolute Gasteiger partial charge is 0.497 e. The summed E-state index contributed by atoms with van der Waals surface area (Å²) in [6.45, 7) is 1.57. The predicted octanol–water partition coefficient (Wildman–Crippen LogP) is 4.42. The van der Waals surface area contributed by atoms with Gasteiger partial charge < -0.3 is 10.1 Å². The van der Waals surface area contributed by atoms with Crippen LogP contribution in [0.25, 0.3) is 0 Å². The molecule has 112 valence electrons. The second-order valence-electron chi connectivity index (χ2n) is 4.50. The Balaban J connectivity index is 2.26. The maximum Gasteiger partial charge on any atom is 0.161 e. The Morgan fingerprint density at radius 3 is 2.19 bits per heavy atom. The van der Waals surface area contributed by atoms with E-state index in [9.17, 15) is 17.6 Å². The molecule has 2 aromatic rings. The highest BCUT2D eigenvalue weighted by Crippen LogP contribution is 2.27. The fraction of sp³-hybridized carbons (Fsp3) is 0.200. The first-order chi connectivity index (χ1) is 9.92. The first kappa shape index (κ1) is 15.2. The quantitative estimate of drug-likeness (QED) is 0.666. The standard InChI is InChI=1S/C15H13F4NO/c1-8(10-4-3-9(21-2)5-11(10)16)20-15-7-13(18)12(17)6-14(15)19/h3-8,20H,1-2H3. The Hall–Kier alpha value is -2.24. The Bertz CT molecular complexity index is 660. The Labute approximate surface area is 119 Å². The van der Waals surface area contributed by atoms with Crippen molar-refractivity contribution in [3.63, 3.8) is 0 Å². The minimum Gasteiger partial charge on any atom is -0.497 e. The highest BCUT2D eigenvalue weighted by atomic mass is 19.2. The van der Waals surface area contributed by atoms with Crippen LogP contribution in [0.5, 0.6) is 5.75 Å². The van der Waals surface area contributed by atoms with Crippen molar-refractivity contribution in [2.75, 3.05) is 12.4 Å². The normalized spacial score (nSPS) is 12.1. The number of nitrogens with one attached hydrogen (secondary N) is 1. The zero-order valence-electron chi connectivity index (χ0n) is 11.4. The smallest absolute Gasteiger partial charge is 0.161 e. The lowest BCUT2D eigenvalue weighted by molar-refractivity contribution is 0.410. The SMILES string of the molecule is COc1ccc(C(C)Nc2cc(F)c(F)cc2F)c(F)c1. The molecule has 1 N–H and O–H groups in total. The second kappa shape index (κ2) is 6.03. The van der Waals surface area contributed by atoms with Crippen molar-refractivity contribution in [2.24, 2.45) is 0 Å². The molecule has 2 nitrogen and oxygen atoms in total. The zero-order chi connectivity index (χ0) is 15.6. The van der Waals surface area contributed by atoms with Crippen LogP contribution in [0, 0.1) is 23.3 Å². The van der Waals surface area contributed by atoms with Crippen molar-refractivity contribution >= 4 is 5.69 Å². The molecule has 0 aromatic heterocycles. The van der Waals surface area contributed by atoms with Gasteiger partial charge in [-0.3, -0.25) is 0 Å². The summed E-state index contributed by atoms with van der Waals surface area (Å²) in [6, 6.07) is 4.71. The first-order valence-corrected chi connectivity index (χ1v) is 6.17. The molecule has 0 saturated carbocycles. The van der Waals surface area contributed by atoms with Gasteiger partial charge in [0.05, 0.1) is 18.8 Å². The third-order valence-electron chi connectivity index (χ3n) is 3.06. The Morgan fingerprint density at radius 2 is 1.57 bits per heavy atom. The third-order valence-corrected chi connectivity index (χ3v) is 3.06. The molecule has 1 atom stereocenters. The average Bonchev–Trinajstić information content (AvgIpc) is 2.44. The average molecular weight is 299 g/mol. The van der Waals surface area contributed by atoms with Crippen molar-refractivity contribution in [3.8, 4) is 5.75 Å². The minimum absolute atomic E-state index is 0.239. The summed E-state index contributed by atoms with van der Waals surface area (Å²) in [5.41, 5.74) is 0.0107. The van der Waals surface area contributed by atoms with Gasteiger partial charge in [0.15, 0.2) is 11.6 Å². The molecule has 2 aromatic carbocycles. The summed E-state index contributed by atoms with van der Waals surface area (Å²) in [6.07, 6.45) is 0. The van der Waals surface area contributed by atoms with Crippen LogP contribution < -0.4 is 10.1 Å². The van der Waals surface area contributed by atoms with E-state index in [-0.39, 0.29) is 11.3 Å². The van der Waals surface area contributed by atoms with E-state index in [1.54, 1.807) is 13.0 Å². The molecule has 2 rings (SSSR count). The van der Waals surface area contributed by atoms with Gasteiger partial charge in [-0.2, -0.15) is 0 Å². The molecule has 0 fully saturated rings. The van der Waals surface area contributed by atoms with E-state index in [0.29, 0.717) is 17.9 Å². The molecule has 0 saturated heterocycles. The van der Waals surface area contributed by atoms with Gasteiger partial charge in [0.25, 0.3) is 0 Å². The van der Waals surface area contributed by atoms with E-state index in [1.807, 2.05) is 0 Å². The molecule has 0 aliphatic carbocycles. The number of hydrogen-bond donors (Lipinski definition) is 1. The summed E-state index contributed by atoms with van der Waals surface area (Å²) < 4.78 is 58.3. The molecular formula is C15H13F4NO. The fourth-order valence-electron chi connectivity index (χ4n) is 1.93. The van der Waals surface area contributed by atoms with Crippen LogP contribution >= 0.6 is 0 Å². The zero-order valence-corrected chi connectivity index (χ0v) is 11.4. The van der Waals surface area contributed by atoms with Crippen LogP contribution in [-0.2, 0) is 0 Å². The van der Waals surface area contributed by atoms with E-state index in [0.717, 1.165) is 0 Å². The topological polar surface area (TPSA) is 21.3 Å². The third kappa shape index (κ3) is 3.26. The molecule has 0 radical (unpaired) electrons. The Morgan fingerprint density at radius 1 is 0.905 bits per heavy atom. The van der Waals surface area contributed by atoms with Crippen molar-refractivity contribution in [2.45, 2.75) is 13.0 Å². The molecule has 0 bridgehead atoms. The van der Waals surface area contributed by atoms with E-state index >= 15 is 0 Å². The molecule has 6 heteroatoms. The molecule has 21 heavy (non-hydrogen) atoms. The summed E-state index contributed by atoms with van der Waals surface area (Å²) in [4.78, 5) is 0. The molecule has 0 aliphatic heterocycles. The number of ether oxygens (including phenoxy) is 1. The van der Waals surface area contributed by atoms with E-state index in [2.05, 4.69) is 5.32 Å². The van der Waals surface area contributed by atoms with Gasteiger partial charge in [-0.15, -0.1) is 0 Å². The van der Waals surface area contributed by atoms with Crippen LogP contribution in [-0.4, -0.2) is 7.11 Å². The number of anilines is 1. The van der Waals surface area contributed by atoms with E-state index < -0.39 is 29.3 Å². The number of halogens is 4. The highest BCUT2D eigenvalue weighted by Gasteiger charge is 2.15. The summed E-state index contributed by atoms with van der Waals surface area (Å²) in [5, 5.41) is 2.61. The highest BCUT2D eigenvalue weighted by molar-refractivity contribution is 5.47. The van der Waals surface area contributed by atoms with Crippen molar-refractivity contribution in [3.05, 3.63) is 59.2 Å². The Kier molecular flexibility index (Phi) is 4.35. The van der Waals surface area contributed by atoms with E-state index in [4.69, 9.17) is 4.74 Å². The molecule has 0 aliphatic rings. The summed E-state index contributed by atoms with van der Waals surface area (Å²) >= 11 is 0. The van der Waals surface area contributed by atoms with Gasteiger partial charge >= 0.3 is 0 Å². The lowest BCUT2D eigenvalue weighted by Crippen LogP contribution is -2.10. The van der Waals surface area contributed by atoms with E-state index in [1.165, 1.54) is 19.2 Å². The van der Waals surface area contributed by atoms with Crippen LogP contribution in [0.4, 0.5) is 23.2 Å². The molecule has 0 spiro atoms.